The highest BCUT2D eigenvalue weighted by Gasteiger charge is 2.42. The highest BCUT2D eigenvalue weighted by atomic mass is 35.5. The van der Waals surface area contributed by atoms with Crippen LogP contribution in [0.2, 0.25) is 5.02 Å². The van der Waals surface area contributed by atoms with Gasteiger partial charge in [-0.15, -0.1) is 0 Å². The number of fused-ring (bicyclic) bond motifs is 1. The van der Waals surface area contributed by atoms with Crippen molar-refractivity contribution in [3.8, 4) is 0 Å². The van der Waals surface area contributed by atoms with Crippen LogP contribution in [0.4, 0.5) is 23.8 Å². The van der Waals surface area contributed by atoms with Crippen LogP contribution in [0.25, 0.3) is 10.9 Å². The lowest BCUT2D eigenvalue weighted by Crippen LogP contribution is -2.24. The van der Waals surface area contributed by atoms with Gasteiger partial charge in [-0.05, 0) is 25.1 Å². The number of halogens is 4. The number of carbonyl (C=O) groups is 2. The van der Waals surface area contributed by atoms with Gasteiger partial charge >= 0.3 is 12.3 Å². The Balaban J connectivity index is 2.59. The van der Waals surface area contributed by atoms with Gasteiger partial charge < -0.3 is 9.72 Å². The van der Waals surface area contributed by atoms with Crippen molar-refractivity contribution in [2.45, 2.75) is 13.1 Å². The van der Waals surface area contributed by atoms with Crippen molar-refractivity contribution in [3.05, 3.63) is 28.8 Å². The van der Waals surface area contributed by atoms with E-state index in [9.17, 15) is 22.8 Å². The fraction of sp³-hybridized carbons (Fsp3) is 0.231. The number of hydrogen-bond donors (Lipinski definition) is 2. The predicted molar refractivity (Wildman–Crippen MR) is 74.3 cm³/mol. The van der Waals surface area contributed by atoms with Crippen molar-refractivity contribution in [2.75, 3.05) is 11.9 Å². The molecule has 0 saturated heterocycles. The number of Topliss-reactive ketones (excluding diaryl/α,β-unsaturated/α-hetero) is 1. The smallest absolute Gasteiger partial charge is 0.450 e. The SMILES string of the molecule is CCOC(=O)Nc1[nH]c2ccc(Cl)cc2c1C(=O)C(F)(F)F. The van der Waals surface area contributed by atoms with Gasteiger partial charge in [-0.25, -0.2) is 4.79 Å². The van der Waals surface area contributed by atoms with E-state index in [4.69, 9.17) is 11.6 Å². The molecule has 0 fully saturated rings. The monoisotopic (exact) mass is 334 g/mol. The molecule has 1 heterocycles. The van der Waals surface area contributed by atoms with Gasteiger partial charge in [-0.1, -0.05) is 11.6 Å². The average Bonchev–Trinajstić information content (AvgIpc) is 2.74. The molecule has 22 heavy (non-hydrogen) atoms. The molecule has 0 aliphatic carbocycles. The number of alkyl halides is 3. The maximum Gasteiger partial charge on any atom is 0.455 e. The van der Waals surface area contributed by atoms with Gasteiger partial charge in [0.25, 0.3) is 5.78 Å². The number of H-pyrrole nitrogens is 1. The van der Waals surface area contributed by atoms with Crippen LogP contribution in [-0.4, -0.2) is 29.6 Å². The zero-order valence-corrected chi connectivity index (χ0v) is 11.9. The van der Waals surface area contributed by atoms with Crippen molar-refractivity contribution < 1.29 is 27.5 Å². The molecule has 1 amide bonds. The number of rotatable bonds is 3. The molecule has 2 N–H and O–H groups in total. The van der Waals surface area contributed by atoms with Gasteiger partial charge in [0.1, 0.15) is 5.82 Å². The lowest BCUT2D eigenvalue weighted by atomic mass is 10.1. The maximum absolute atomic E-state index is 12.8. The summed E-state index contributed by atoms with van der Waals surface area (Å²) in [5.41, 5.74) is -0.484. The number of aromatic amines is 1. The van der Waals surface area contributed by atoms with Gasteiger partial charge in [0, 0.05) is 15.9 Å². The molecule has 0 aliphatic rings. The number of nitrogens with one attached hydrogen (secondary N) is 2. The standard InChI is InChI=1S/C13H10ClF3N2O3/c1-2-22-12(21)19-11-9(10(20)13(15,16)17)7-5-6(14)3-4-8(7)18-11/h3-5,18H,2H2,1H3,(H,19,21). The van der Waals surface area contributed by atoms with Gasteiger partial charge in [-0.2, -0.15) is 13.2 Å². The quantitative estimate of drug-likeness (QED) is 0.829. The lowest BCUT2D eigenvalue weighted by Gasteiger charge is -2.08. The van der Waals surface area contributed by atoms with Gasteiger partial charge in [0.15, 0.2) is 0 Å². The summed E-state index contributed by atoms with van der Waals surface area (Å²) >= 11 is 5.76. The zero-order chi connectivity index (χ0) is 16.5. The molecule has 0 spiro atoms. The number of aromatic nitrogens is 1. The topological polar surface area (TPSA) is 71.2 Å². The van der Waals surface area contributed by atoms with E-state index < -0.39 is 29.4 Å². The summed E-state index contributed by atoms with van der Waals surface area (Å²) in [6.45, 7) is 1.56. The first-order valence-corrected chi connectivity index (χ1v) is 6.48. The van der Waals surface area contributed by atoms with Crippen molar-refractivity contribution in [3.63, 3.8) is 0 Å². The molecule has 0 saturated carbocycles. The molecule has 1 aromatic heterocycles. The van der Waals surface area contributed by atoms with Crippen LogP contribution in [0.1, 0.15) is 17.3 Å². The third-order valence-corrected chi connectivity index (χ3v) is 2.98. The van der Waals surface area contributed by atoms with E-state index in [1.54, 1.807) is 0 Å². The van der Waals surface area contributed by atoms with E-state index in [0.29, 0.717) is 0 Å². The number of benzene rings is 1. The summed E-state index contributed by atoms with van der Waals surface area (Å²) in [6, 6.07) is 4.06. The van der Waals surface area contributed by atoms with E-state index in [0.717, 1.165) is 0 Å². The molecule has 9 heteroatoms. The first-order valence-electron chi connectivity index (χ1n) is 6.10. The summed E-state index contributed by atoms with van der Waals surface area (Å²) in [4.78, 5) is 25.6. The minimum Gasteiger partial charge on any atom is -0.450 e. The van der Waals surface area contributed by atoms with Crippen molar-refractivity contribution in [1.82, 2.24) is 4.98 Å². The molecule has 5 nitrogen and oxygen atoms in total. The number of anilines is 1. The van der Waals surface area contributed by atoms with E-state index in [2.05, 4.69) is 15.0 Å². The second kappa shape index (κ2) is 5.88. The van der Waals surface area contributed by atoms with E-state index >= 15 is 0 Å². The largest absolute Gasteiger partial charge is 0.455 e. The van der Waals surface area contributed by atoms with Crippen molar-refractivity contribution in [1.29, 1.82) is 0 Å². The minimum atomic E-state index is -5.09. The van der Waals surface area contributed by atoms with Gasteiger partial charge in [0.2, 0.25) is 0 Å². The second-order valence-electron chi connectivity index (χ2n) is 4.24. The Labute approximate surface area is 127 Å². The molecular weight excluding hydrogens is 325 g/mol. The van der Waals surface area contributed by atoms with Crippen molar-refractivity contribution in [2.24, 2.45) is 0 Å². The van der Waals surface area contributed by atoms with Crippen LogP contribution in [0.3, 0.4) is 0 Å². The van der Waals surface area contributed by atoms with Crippen LogP contribution in [0.5, 0.6) is 0 Å². The molecule has 1 aromatic carbocycles. The summed E-state index contributed by atoms with van der Waals surface area (Å²) < 4.78 is 42.9. The molecule has 0 radical (unpaired) electrons. The minimum absolute atomic E-state index is 0.0282. The lowest BCUT2D eigenvalue weighted by molar-refractivity contribution is -0.0883. The van der Waals surface area contributed by atoms with Crippen LogP contribution in [-0.2, 0) is 4.74 Å². The fourth-order valence-electron chi connectivity index (χ4n) is 1.90. The Kier molecular flexibility index (Phi) is 4.32. The van der Waals surface area contributed by atoms with Gasteiger partial charge in [-0.3, -0.25) is 10.1 Å². The van der Waals surface area contributed by atoms with Crippen LogP contribution >= 0.6 is 11.6 Å². The molecular formula is C13H10ClF3N2O3. The third kappa shape index (κ3) is 3.16. The summed E-state index contributed by atoms with van der Waals surface area (Å²) in [5, 5.41) is 2.21. The van der Waals surface area contributed by atoms with Gasteiger partial charge in [0.05, 0.1) is 12.2 Å². The molecule has 0 bridgehead atoms. The van der Waals surface area contributed by atoms with E-state index in [1.807, 2.05) is 0 Å². The van der Waals surface area contributed by atoms with Crippen molar-refractivity contribution >= 4 is 40.2 Å². The summed E-state index contributed by atoms with van der Waals surface area (Å²) in [6.07, 6.45) is -6.07. The second-order valence-corrected chi connectivity index (χ2v) is 4.67. The summed E-state index contributed by atoms with van der Waals surface area (Å²) in [7, 11) is 0. The number of amides is 1. The highest BCUT2D eigenvalue weighted by molar-refractivity contribution is 6.31. The fourth-order valence-corrected chi connectivity index (χ4v) is 2.08. The van der Waals surface area contributed by atoms with E-state index in [1.165, 1.54) is 25.1 Å². The Hall–Kier alpha value is -2.22. The van der Waals surface area contributed by atoms with Crippen LogP contribution in [0, 0.1) is 0 Å². The zero-order valence-electron chi connectivity index (χ0n) is 11.2. The molecule has 0 aliphatic heterocycles. The predicted octanol–water partition coefficient (Wildman–Crippen LogP) is 4.13. The highest BCUT2D eigenvalue weighted by Crippen LogP contribution is 2.33. The third-order valence-electron chi connectivity index (χ3n) is 2.75. The normalized spacial score (nSPS) is 11.5. The number of ketones is 1. The average molecular weight is 335 g/mol. The molecule has 0 unspecified atom stereocenters. The van der Waals surface area contributed by atoms with Crippen LogP contribution < -0.4 is 5.32 Å². The Morgan fingerprint density at radius 1 is 1.36 bits per heavy atom. The summed E-state index contributed by atoms with van der Waals surface area (Å²) in [5.74, 6) is -2.48. The molecule has 118 valence electrons. The first kappa shape index (κ1) is 16.2. The number of ether oxygens (including phenoxy) is 1. The Bertz CT molecular complexity index is 740. The van der Waals surface area contributed by atoms with Crippen LogP contribution in [0.15, 0.2) is 18.2 Å². The molecule has 0 atom stereocenters. The number of carbonyl (C=O) groups excluding carboxylic acids is 2. The molecule has 2 rings (SSSR count). The first-order chi connectivity index (χ1) is 10.2. The Morgan fingerprint density at radius 2 is 2.05 bits per heavy atom. The molecule has 2 aromatic rings. The maximum atomic E-state index is 12.8. The van der Waals surface area contributed by atoms with E-state index in [-0.39, 0.29) is 22.5 Å². The number of hydrogen-bond acceptors (Lipinski definition) is 3. The Morgan fingerprint density at radius 3 is 2.64 bits per heavy atom.